The van der Waals surface area contributed by atoms with Gasteiger partial charge in [-0.15, -0.1) is 0 Å². The van der Waals surface area contributed by atoms with Crippen molar-refractivity contribution in [2.24, 2.45) is 0 Å². The molecule has 1 aliphatic heterocycles. The lowest BCUT2D eigenvalue weighted by Gasteiger charge is -2.27. The zero-order valence-electron chi connectivity index (χ0n) is 8.87. The number of hydrogen-bond donors (Lipinski definition) is 2. The molecule has 2 rings (SSSR count). The van der Waals surface area contributed by atoms with Crippen LogP contribution in [0, 0.1) is 0 Å². The summed E-state index contributed by atoms with van der Waals surface area (Å²) < 4.78 is 0. The summed E-state index contributed by atoms with van der Waals surface area (Å²) in [6.45, 7) is 3.08. The van der Waals surface area contributed by atoms with Crippen LogP contribution in [0.3, 0.4) is 0 Å². The number of nitrogens with one attached hydrogen (secondary N) is 1. The molecule has 0 atom stereocenters. The highest BCUT2D eigenvalue weighted by Gasteiger charge is 2.20. The third-order valence-corrected chi connectivity index (χ3v) is 3.02. The van der Waals surface area contributed by atoms with Crippen LogP contribution >= 0.6 is 11.6 Å². The largest absolute Gasteiger partial charge is 0.397 e. The standard InChI is InChI=1S/C11H14ClN3O/c12-9-3-1-2-8(10(9)13)11(16)15-6-4-14-5-7-15/h1-3,14H,4-7,13H2. The van der Waals surface area contributed by atoms with E-state index in [1.165, 1.54) is 0 Å². The molecule has 0 radical (unpaired) electrons. The molecule has 1 fully saturated rings. The highest BCUT2D eigenvalue weighted by Crippen LogP contribution is 2.23. The van der Waals surface area contributed by atoms with Crippen LogP contribution in [0.2, 0.25) is 5.02 Å². The van der Waals surface area contributed by atoms with Crippen molar-refractivity contribution in [2.45, 2.75) is 0 Å². The fourth-order valence-electron chi connectivity index (χ4n) is 1.76. The number of rotatable bonds is 1. The monoisotopic (exact) mass is 239 g/mol. The molecule has 1 amide bonds. The Morgan fingerprint density at radius 1 is 1.38 bits per heavy atom. The predicted octanol–water partition coefficient (Wildman–Crippen LogP) is 0.968. The highest BCUT2D eigenvalue weighted by atomic mass is 35.5. The van der Waals surface area contributed by atoms with E-state index in [-0.39, 0.29) is 5.91 Å². The summed E-state index contributed by atoms with van der Waals surface area (Å²) in [6.07, 6.45) is 0. The minimum Gasteiger partial charge on any atom is -0.397 e. The minimum atomic E-state index is -0.0403. The molecule has 0 spiro atoms. The van der Waals surface area contributed by atoms with Gasteiger partial charge in [0.05, 0.1) is 16.3 Å². The van der Waals surface area contributed by atoms with Crippen molar-refractivity contribution in [3.63, 3.8) is 0 Å². The number of nitrogen functional groups attached to an aromatic ring is 1. The maximum atomic E-state index is 12.1. The number of carbonyl (C=O) groups is 1. The van der Waals surface area contributed by atoms with Gasteiger partial charge in [-0.25, -0.2) is 0 Å². The SMILES string of the molecule is Nc1c(Cl)cccc1C(=O)N1CCNCC1. The number of halogens is 1. The Bertz CT molecular complexity index is 402. The smallest absolute Gasteiger partial charge is 0.256 e. The Morgan fingerprint density at radius 3 is 2.75 bits per heavy atom. The van der Waals surface area contributed by atoms with Crippen molar-refractivity contribution < 1.29 is 4.79 Å². The van der Waals surface area contributed by atoms with Gasteiger partial charge in [-0.05, 0) is 12.1 Å². The molecule has 1 heterocycles. The van der Waals surface area contributed by atoms with Crippen LogP contribution in [0.1, 0.15) is 10.4 Å². The van der Waals surface area contributed by atoms with E-state index in [0.717, 1.165) is 13.1 Å². The first kappa shape index (κ1) is 11.2. The zero-order chi connectivity index (χ0) is 11.5. The number of amides is 1. The van der Waals surface area contributed by atoms with Gasteiger partial charge < -0.3 is 16.0 Å². The third kappa shape index (κ3) is 2.13. The molecule has 1 aromatic carbocycles. The Hall–Kier alpha value is -1.26. The molecule has 0 aliphatic carbocycles. The van der Waals surface area contributed by atoms with Gasteiger partial charge in [-0.2, -0.15) is 0 Å². The maximum absolute atomic E-state index is 12.1. The second-order valence-electron chi connectivity index (χ2n) is 3.74. The summed E-state index contributed by atoms with van der Waals surface area (Å²) in [6, 6.07) is 5.14. The van der Waals surface area contributed by atoms with Gasteiger partial charge in [-0.1, -0.05) is 17.7 Å². The molecule has 16 heavy (non-hydrogen) atoms. The van der Waals surface area contributed by atoms with Crippen LogP contribution < -0.4 is 11.1 Å². The van der Waals surface area contributed by atoms with E-state index in [2.05, 4.69) is 5.32 Å². The van der Waals surface area contributed by atoms with Crippen molar-refractivity contribution in [3.8, 4) is 0 Å². The summed E-state index contributed by atoms with van der Waals surface area (Å²) in [4.78, 5) is 13.9. The molecule has 0 unspecified atom stereocenters. The molecular weight excluding hydrogens is 226 g/mol. The first-order chi connectivity index (χ1) is 7.70. The first-order valence-electron chi connectivity index (χ1n) is 5.24. The van der Waals surface area contributed by atoms with Crippen LogP contribution in [0.15, 0.2) is 18.2 Å². The quantitative estimate of drug-likeness (QED) is 0.718. The second kappa shape index (κ2) is 4.72. The number of nitrogens with two attached hydrogens (primary N) is 1. The number of piperazine rings is 1. The average Bonchev–Trinajstić information content (AvgIpc) is 2.33. The molecule has 4 nitrogen and oxygen atoms in total. The summed E-state index contributed by atoms with van der Waals surface area (Å²) in [7, 11) is 0. The van der Waals surface area contributed by atoms with Crippen LogP contribution in [-0.2, 0) is 0 Å². The Morgan fingerprint density at radius 2 is 2.06 bits per heavy atom. The van der Waals surface area contributed by atoms with E-state index in [1.807, 2.05) is 0 Å². The number of hydrogen-bond acceptors (Lipinski definition) is 3. The summed E-state index contributed by atoms with van der Waals surface area (Å²) >= 11 is 5.89. The van der Waals surface area contributed by atoms with Gasteiger partial charge in [0.15, 0.2) is 0 Å². The van der Waals surface area contributed by atoms with E-state index in [0.29, 0.717) is 29.4 Å². The second-order valence-corrected chi connectivity index (χ2v) is 4.15. The van der Waals surface area contributed by atoms with Gasteiger partial charge in [0.2, 0.25) is 0 Å². The lowest BCUT2D eigenvalue weighted by atomic mass is 10.1. The highest BCUT2D eigenvalue weighted by molar-refractivity contribution is 6.33. The number of carbonyl (C=O) groups excluding carboxylic acids is 1. The molecule has 0 saturated carbocycles. The molecule has 3 N–H and O–H groups in total. The fraction of sp³-hybridized carbons (Fsp3) is 0.364. The Labute approximate surface area is 99.4 Å². The molecule has 0 aromatic heterocycles. The summed E-state index contributed by atoms with van der Waals surface area (Å²) in [5.41, 5.74) is 6.66. The molecular formula is C11H14ClN3O. The third-order valence-electron chi connectivity index (χ3n) is 2.69. The van der Waals surface area contributed by atoms with Gasteiger partial charge in [0.1, 0.15) is 0 Å². The van der Waals surface area contributed by atoms with Gasteiger partial charge in [0, 0.05) is 26.2 Å². The Balaban J connectivity index is 2.22. The van der Waals surface area contributed by atoms with E-state index >= 15 is 0 Å². The van der Waals surface area contributed by atoms with Crippen molar-refractivity contribution in [2.75, 3.05) is 31.9 Å². The average molecular weight is 240 g/mol. The molecule has 1 saturated heterocycles. The van der Waals surface area contributed by atoms with Crippen molar-refractivity contribution in [3.05, 3.63) is 28.8 Å². The first-order valence-corrected chi connectivity index (χ1v) is 5.62. The maximum Gasteiger partial charge on any atom is 0.256 e. The van der Waals surface area contributed by atoms with Crippen LogP contribution in [-0.4, -0.2) is 37.0 Å². The molecule has 1 aromatic rings. The molecule has 5 heteroatoms. The molecule has 86 valence electrons. The van der Waals surface area contributed by atoms with Crippen molar-refractivity contribution >= 4 is 23.2 Å². The zero-order valence-corrected chi connectivity index (χ0v) is 9.63. The van der Waals surface area contributed by atoms with E-state index in [1.54, 1.807) is 23.1 Å². The van der Waals surface area contributed by atoms with E-state index in [9.17, 15) is 4.79 Å². The van der Waals surface area contributed by atoms with E-state index in [4.69, 9.17) is 17.3 Å². The minimum absolute atomic E-state index is 0.0403. The summed E-state index contributed by atoms with van der Waals surface area (Å²) in [5.74, 6) is -0.0403. The van der Waals surface area contributed by atoms with Crippen molar-refractivity contribution in [1.29, 1.82) is 0 Å². The van der Waals surface area contributed by atoms with Crippen LogP contribution in [0.4, 0.5) is 5.69 Å². The number of para-hydroxylation sites is 1. The lowest BCUT2D eigenvalue weighted by Crippen LogP contribution is -2.46. The van der Waals surface area contributed by atoms with Crippen LogP contribution in [0.25, 0.3) is 0 Å². The van der Waals surface area contributed by atoms with Gasteiger partial charge in [0.25, 0.3) is 5.91 Å². The number of benzene rings is 1. The van der Waals surface area contributed by atoms with Crippen molar-refractivity contribution in [1.82, 2.24) is 10.2 Å². The van der Waals surface area contributed by atoms with E-state index < -0.39 is 0 Å². The van der Waals surface area contributed by atoms with Crippen LogP contribution in [0.5, 0.6) is 0 Å². The number of anilines is 1. The number of nitrogens with zero attached hydrogens (tertiary/aromatic N) is 1. The predicted molar refractivity (Wildman–Crippen MR) is 64.6 cm³/mol. The summed E-state index contributed by atoms with van der Waals surface area (Å²) in [5, 5.41) is 3.63. The molecule has 1 aliphatic rings. The Kier molecular flexibility index (Phi) is 3.31. The van der Waals surface area contributed by atoms with Gasteiger partial charge in [-0.3, -0.25) is 4.79 Å². The normalized spacial score (nSPS) is 16.2. The topological polar surface area (TPSA) is 58.4 Å². The molecule has 0 bridgehead atoms. The van der Waals surface area contributed by atoms with Gasteiger partial charge >= 0.3 is 0 Å². The fourth-order valence-corrected chi connectivity index (χ4v) is 1.94. The lowest BCUT2D eigenvalue weighted by molar-refractivity contribution is 0.0737.